The van der Waals surface area contributed by atoms with E-state index < -0.39 is 0 Å². The maximum atomic E-state index is 12.6. The topological polar surface area (TPSA) is 75.4 Å². The number of piperidine rings is 1. The molecule has 2 aliphatic rings. The number of likely N-dealkylation sites (tertiary alicyclic amines) is 1. The van der Waals surface area contributed by atoms with Crippen LogP contribution in [0.1, 0.15) is 36.7 Å². The number of rotatable bonds is 6. The van der Waals surface area contributed by atoms with Gasteiger partial charge in [-0.15, -0.1) is 0 Å². The van der Waals surface area contributed by atoms with Gasteiger partial charge in [-0.05, 0) is 49.7 Å². The van der Waals surface area contributed by atoms with Crippen molar-refractivity contribution in [3.05, 3.63) is 66.7 Å². The Hall–Kier alpha value is -3.15. The van der Waals surface area contributed by atoms with E-state index in [1.54, 1.807) is 24.5 Å². The van der Waals surface area contributed by atoms with Crippen molar-refractivity contribution in [2.45, 2.75) is 26.2 Å². The number of carbonyl (C=O) groups is 2. The molecular weight excluding hydrogens is 378 g/mol. The number of hydrogen-bond donors (Lipinski definition) is 1. The Morgan fingerprint density at radius 1 is 1.37 bits per heavy atom. The molecule has 1 spiro atoms. The number of amides is 2. The standard InChI is InChI=1S/C24H27N3O3/c1-3-4-5-6-17(2)23(29)27-11-8-24(9-12-27)14-19(24)15-26-22(28)20-13-18-7-10-25-16-21(18)30-20/h3-7,10,13,16,19H,1,8-9,11-12,14-15H2,2H3,(H,26,28)/b5-4-,17-6+. The number of allylic oxidation sites excluding steroid dienone is 4. The monoisotopic (exact) mass is 405 g/mol. The van der Waals surface area contributed by atoms with Gasteiger partial charge in [0.25, 0.3) is 5.91 Å². The molecule has 0 bridgehead atoms. The second-order valence-electron chi connectivity index (χ2n) is 8.26. The molecule has 4 rings (SSSR count). The molecule has 1 atom stereocenters. The lowest BCUT2D eigenvalue weighted by molar-refractivity contribution is -0.128. The number of fused-ring (bicyclic) bond motifs is 1. The van der Waals surface area contributed by atoms with Crippen LogP contribution in [0.4, 0.5) is 0 Å². The number of furan rings is 1. The zero-order valence-electron chi connectivity index (χ0n) is 17.3. The van der Waals surface area contributed by atoms with Gasteiger partial charge in [0.1, 0.15) is 0 Å². The Morgan fingerprint density at radius 2 is 2.17 bits per heavy atom. The zero-order valence-corrected chi connectivity index (χ0v) is 17.3. The van der Waals surface area contributed by atoms with Crippen molar-refractivity contribution < 1.29 is 14.0 Å². The van der Waals surface area contributed by atoms with E-state index in [1.807, 2.05) is 36.1 Å². The third kappa shape index (κ3) is 4.08. The summed E-state index contributed by atoms with van der Waals surface area (Å²) in [5, 5.41) is 3.89. The summed E-state index contributed by atoms with van der Waals surface area (Å²) in [5.41, 5.74) is 1.62. The molecule has 3 heterocycles. The average Bonchev–Trinajstić information content (AvgIpc) is 3.23. The average molecular weight is 405 g/mol. The molecule has 2 fully saturated rings. The van der Waals surface area contributed by atoms with Crippen molar-refractivity contribution in [2.24, 2.45) is 11.3 Å². The van der Waals surface area contributed by atoms with Crippen molar-refractivity contribution in [3.63, 3.8) is 0 Å². The Kier molecular flexibility index (Phi) is 5.57. The summed E-state index contributed by atoms with van der Waals surface area (Å²) in [5.74, 6) is 0.704. The van der Waals surface area contributed by atoms with Crippen LogP contribution in [0.15, 0.2) is 65.4 Å². The fourth-order valence-corrected chi connectivity index (χ4v) is 4.39. The summed E-state index contributed by atoms with van der Waals surface area (Å²) in [6, 6.07) is 3.58. The predicted octanol–water partition coefficient (Wildman–Crippen LogP) is 3.87. The van der Waals surface area contributed by atoms with E-state index in [2.05, 4.69) is 16.9 Å². The normalized spacial score (nSPS) is 20.6. The van der Waals surface area contributed by atoms with E-state index in [0.717, 1.165) is 43.3 Å². The van der Waals surface area contributed by atoms with E-state index in [-0.39, 0.29) is 17.2 Å². The molecule has 6 nitrogen and oxygen atoms in total. The van der Waals surface area contributed by atoms with Gasteiger partial charge in [-0.2, -0.15) is 0 Å². The first-order valence-electron chi connectivity index (χ1n) is 10.4. The third-order valence-electron chi connectivity index (χ3n) is 6.39. The van der Waals surface area contributed by atoms with E-state index in [1.165, 1.54) is 0 Å². The molecule has 2 amide bonds. The lowest BCUT2D eigenvalue weighted by atomic mass is 9.90. The Bertz CT molecular complexity index is 992. The van der Waals surface area contributed by atoms with Crippen LogP contribution in [0, 0.1) is 11.3 Å². The van der Waals surface area contributed by atoms with Crippen molar-refractivity contribution in [1.29, 1.82) is 0 Å². The van der Waals surface area contributed by atoms with Gasteiger partial charge >= 0.3 is 0 Å². The lowest BCUT2D eigenvalue weighted by Crippen LogP contribution is -2.40. The number of pyridine rings is 1. The maximum absolute atomic E-state index is 12.6. The SMILES string of the molecule is C=C/C=C\C=C(/C)C(=O)N1CCC2(CC1)CC2CNC(=O)c1cc2ccncc2o1. The molecule has 1 saturated carbocycles. The van der Waals surface area contributed by atoms with Gasteiger partial charge < -0.3 is 14.6 Å². The molecule has 6 heteroatoms. The molecule has 156 valence electrons. The minimum absolute atomic E-state index is 0.100. The summed E-state index contributed by atoms with van der Waals surface area (Å²) in [6.45, 7) is 7.67. The van der Waals surface area contributed by atoms with E-state index >= 15 is 0 Å². The van der Waals surface area contributed by atoms with Gasteiger partial charge in [0.05, 0.1) is 6.20 Å². The third-order valence-corrected chi connectivity index (χ3v) is 6.39. The number of nitrogens with one attached hydrogen (secondary N) is 1. The number of nitrogens with zero attached hydrogens (tertiary/aromatic N) is 2. The van der Waals surface area contributed by atoms with Crippen LogP contribution < -0.4 is 5.32 Å². The first kappa shape index (κ1) is 20.1. The Labute approximate surface area is 176 Å². The van der Waals surface area contributed by atoms with Crippen LogP contribution in [0.3, 0.4) is 0 Å². The highest BCUT2D eigenvalue weighted by Crippen LogP contribution is 2.59. The van der Waals surface area contributed by atoms with E-state index in [4.69, 9.17) is 4.42 Å². The van der Waals surface area contributed by atoms with Gasteiger partial charge in [-0.25, -0.2) is 0 Å². The van der Waals surface area contributed by atoms with Crippen LogP contribution in [-0.4, -0.2) is 41.3 Å². The van der Waals surface area contributed by atoms with Crippen molar-refractivity contribution in [1.82, 2.24) is 15.2 Å². The molecule has 1 N–H and O–H groups in total. The largest absolute Gasteiger partial charge is 0.449 e. The highest BCUT2D eigenvalue weighted by atomic mass is 16.3. The molecule has 1 saturated heterocycles. The summed E-state index contributed by atoms with van der Waals surface area (Å²) < 4.78 is 5.58. The van der Waals surface area contributed by atoms with Crippen LogP contribution in [0.5, 0.6) is 0 Å². The number of carbonyl (C=O) groups excluding carboxylic acids is 2. The molecule has 30 heavy (non-hydrogen) atoms. The van der Waals surface area contributed by atoms with Gasteiger partial charge in [0.15, 0.2) is 11.3 Å². The first-order chi connectivity index (χ1) is 14.5. The smallest absolute Gasteiger partial charge is 0.287 e. The summed E-state index contributed by atoms with van der Waals surface area (Å²) in [7, 11) is 0. The second kappa shape index (κ2) is 8.30. The molecule has 2 aromatic rings. The molecule has 0 radical (unpaired) electrons. The summed E-state index contributed by atoms with van der Waals surface area (Å²) in [6.07, 6.45) is 13.6. The molecule has 1 aliphatic heterocycles. The minimum Gasteiger partial charge on any atom is -0.449 e. The highest BCUT2D eigenvalue weighted by molar-refractivity contribution is 5.96. The minimum atomic E-state index is -0.186. The predicted molar refractivity (Wildman–Crippen MR) is 116 cm³/mol. The maximum Gasteiger partial charge on any atom is 0.287 e. The molecule has 1 aliphatic carbocycles. The van der Waals surface area contributed by atoms with Crippen LogP contribution >= 0.6 is 0 Å². The van der Waals surface area contributed by atoms with Crippen LogP contribution in [0.25, 0.3) is 11.0 Å². The van der Waals surface area contributed by atoms with Crippen molar-refractivity contribution >= 4 is 22.8 Å². The molecule has 2 aromatic heterocycles. The number of aromatic nitrogens is 1. The van der Waals surface area contributed by atoms with Gasteiger partial charge in [-0.3, -0.25) is 14.6 Å². The first-order valence-corrected chi connectivity index (χ1v) is 10.4. The zero-order chi connectivity index (χ0) is 21.1. The Balaban J connectivity index is 1.26. The van der Waals surface area contributed by atoms with Crippen LogP contribution in [0.2, 0.25) is 0 Å². The number of hydrogen-bond acceptors (Lipinski definition) is 4. The van der Waals surface area contributed by atoms with Crippen molar-refractivity contribution in [3.8, 4) is 0 Å². The van der Waals surface area contributed by atoms with Crippen molar-refractivity contribution in [2.75, 3.05) is 19.6 Å². The summed E-state index contributed by atoms with van der Waals surface area (Å²) >= 11 is 0. The van der Waals surface area contributed by atoms with Crippen LogP contribution in [-0.2, 0) is 4.79 Å². The Morgan fingerprint density at radius 3 is 2.90 bits per heavy atom. The second-order valence-corrected chi connectivity index (χ2v) is 8.26. The summed E-state index contributed by atoms with van der Waals surface area (Å²) in [4.78, 5) is 31.0. The van der Waals surface area contributed by atoms with Gasteiger partial charge in [0, 0.05) is 36.8 Å². The highest BCUT2D eigenvalue weighted by Gasteiger charge is 2.54. The van der Waals surface area contributed by atoms with E-state index in [0.29, 0.717) is 23.8 Å². The quantitative estimate of drug-likeness (QED) is 0.585. The molecule has 0 aromatic carbocycles. The lowest BCUT2D eigenvalue weighted by Gasteiger charge is -2.33. The fraction of sp³-hybridized carbons (Fsp3) is 0.375. The molecular formula is C24H27N3O3. The van der Waals surface area contributed by atoms with E-state index in [9.17, 15) is 9.59 Å². The van der Waals surface area contributed by atoms with Gasteiger partial charge in [-0.1, -0.05) is 30.9 Å². The molecule has 1 unspecified atom stereocenters. The fourth-order valence-electron chi connectivity index (χ4n) is 4.39. The van der Waals surface area contributed by atoms with Gasteiger partial charge in [0.2, 0.25) is 5.91 Å².